The zero-order valence-corrected chi connectivity index (χ0v) is 16.7. The highest BCUT2D eigenvalue weighted by Gasteiger charge is 2.37. The molecule has 0 fully saturated rings. The molecule has 0 heterocycles. The smallest absolute Gasteiger partial charge is 0.416 e. The predicted octanol–water partition coefficient (Wildman–Crippen LogP) is 4.27. The molecule has 0 radical (unpaired) electrons. The van der Waals surface area contributed by atoms with E-state index in [0.717, 1.165) is 6.08 Å². The molecular formula is C20H16F6N2O5. The van der Waals surface area contributed by atoms with Crippen LogP contribution in [0.4, 0.5) is 32.0 Å². The molecule has 13 heteroatoms. The zero-order chi connectivity index (χ0) is 24.8. The van der Waals surface area contributed by atoms with Gasteiger partial charge in [-0.05, 0) is 42.0 Å². The van der Waals surface area contributed by atoms with Crippen LogP contribution >= 0.6 is 0 Å². The Labute approximate surface area is 182 Å². The Morgan fingerprint density at radius 1 is 0.939 bits per heavy atom. The Hall–Kier alpha value is -3.74. The second kappa shape index (κ2) is 10.3. The fourth-order valence-electron chi connectivity index (χ4n) is 2.47. The molecule has 0 unspecified atom stereocenters. The molecule has 0 aliphatic rings. The van der Waals surface area contributed by atoms with Gasteiger partial charge < -0.3 is 14.8 Å². The molecule has 0 saturated heterocycles. The minimum Gasteiger partial charge on any atom is -0.497 e. The first kappa shape index (κ1) is 25.5. The van der Waals surface area contributed by atoms with Crippen LogP contribution in [0.5, 0.6) is 11.5 Å². The molecular weight excluding hydrogens is 462 g/mol. The number of ether oxygens (including phenoxy) is 2. The Balaban J connectivity index is 2.17. The third-order valence-electron chi connectivity index (χ3n) is 3.92. The van der Waals surface area contributed by atoms with Crippen molar-refractivity contribution in [1.82, 2.24) is 5.48 Å². The van der Waals surface area contributed by atoms with Crippen molar-refractivity contribution in [3.63, 3.8) is 0 Å². The summed E-state index contributed by atoms with van der Waals surface area (Å²) < 4.78 is 87.8. The molecule has 2 amide bonds. The molecule has 0 aliphatic carbocycles. The fraction of sp³-hybridized carbons (Fsp3) is 0.200. The lowest BCUT2D eigenvalue weighted by atomic mass is 10.1. The number of anilines is 1. The number of halogens is 6. The second-order valence-electron chi connectivity index (χ2n) is 6.38. The summed E-state index contributed by atoms with van der Waals surface area (Å²) in [5.41, 5.74) is -2.12. The molecule has 2 aromatic rings. The van der Waals surface area contributed by atoms with Crippen LogP contribution in [0.2, 0.25) is 0 Å². The summed E-state index contributed by atoms with van der Waals surface area (Å²) in [6, 6.07) is 4.87. The third-order valence-corrected chi connectivity index (χ3v) is 3.92. The molecule has 0 spiro atoms. The predicted molar refractivity (Wildman–Crippen MR) is 103 cm³/mol. The van der Waals surface area contributed by atoms with Gasteiger partial charge >= 0.3 is 12.4 Å². The minimum absolute atomic E-state index is 0.0496. The maximum Gasteiger partial charge on any atom is 0.416 e. The molecule has 0 aliphatic heterocycles. The highest BCUT2D eigenvalue weighted by molar-refractivity contribution is 5.92. The number of carbonyl (C=O) groups excluding carboxylic acids is 2. The van der Waals surface area contributed by atoms with Crippen molar-refractivity contribution in [3.8, 4) is 11.5 Å². The first-order chi connectivity index (χ1) is 15.3. The molecule has 7 nitrogen and oxygen atoms in total. The van der Waals surface area contributed by atoms with Gasteiger partial charge in [-0.3, -0.25) is 14.8 Å². The van der Waals surface area contributed by atoms with Crippen molar-refractivity contribution in [2.24, 2.45) is 0 Å². The molecule has 0 bridgehead atoms. The third kappa shape index (κ3) is 7.71. The molecule has 0 saturated carbocycles. The number of hydroxylamine groups is 1. The summed E-state index contributed by atoms with van der Waals surface area (Å²) >= 11 is 0. The quantitative estimate of drug-likeness (QED) is 0.239. The largest absolute Gasteiger partial charge is 0.497 e. The van der Waals surface area contributed by atoms with Crippen molar-refractivity contribution in [2.45, 2.75) is 12.4 Å². The standard InChI is InChI=1S/C20H16F6N2O5/c1-32-15-4-11(2-3-17(29)28-31)5-16(9-15)33-10-18(30)27-14-7-12(19(21,22)23)6-13(8-14)20(24,25)26/h2-9,31H,10H2,1H3,(H,27,30)(H,28,29)/b3-2+. The molecule has 33 heavy (non-hydrogen) atoms. The van der Waals surface area contributed by atoms with Crippen LogP contribution < -0.4 is 20.3 Å². The van der Waals surface area contributed by atoms with Gasteiger partial charge in [0.1, 0.15) is 11.5 Å². The van der Waals surface area contributed by atoms with E-state index in [1.54, 1.807) is 0 Å². The van der Waals surface area contributed by atoms with Crippen LogP contribution in [-0.4, -0.2) is 30.7 Å². The van der Waals surface area contributed by atoms with Crippen molar-refractivity contribution < 1.29 is 50.6 Å². The number of carbonyl (C=O) groups is 2. The number of nitrogens with one attached hydrogen (secondary N) is 2. The highest BCUT2D eigenvalue weighted by Crippen LogP contribution is 2.37. The van der Waals surface area contributed by atoms with Gasteiger partial charge in [-0.2, -0.15) is 26.3 Å². The van der Waals surface area contributed by atoms with Crippen LogP contribution in [0, 0.1) is 0 Å². The van der Waals surface area contributed by atoms with E-state index >= 15 is 0 Å². The summed E-state index contributed by atoms with van der Waals surface area (Å²) in [6.45, 7) is -0.759. The summed E-state index contributed by atoms with van der Waals surface area (Å²) in [4.78, 5) is 23.2. The molecule has 2 rings (SSSR count). The van der Waals surface area contributed by atoms with Crippen LogP contribution in [0.1, 0.15) is 16.7 Å². The van der Waals surface area contributed by atoms with Gasteiger partial charge in [0.2, 0.25) is 0 Å². The number of benzene rings is 2. The van der Waals surface area contributed by atoms with Crippen molar-refractivity contribution in [1.29, 1.82) is 0 Å². The lowest BCUT2D eigenvalue weighted by Gasteiger charge is -2.15. The van der Waals surface area contributed by atoms with Gasteiger partial charge in [-0.1, -0.05) is 0 Å². The Morgan fingerprint density at radius 3 is 2.03 bits per heavy atom. The Bertz CT molecular complexity index is 1020. The SMILES string of the molecule is COc1cc(/C=C/C(=O)NO)cc(OCC(=O)Nc2cc(C(F)(F)F)cc(C(F)(F)F)c2)c1. The van der Waals surface area contributed by atoms with Crippen molar-refractivity contribution >= 4 is 23.6 Å². The van der Waals surface area contributed by atoms with E-state index in [1.165, 1.54) is 36.9 Å². The van der Waals surface area contributed by atoms with Gasteiger partial charge in [0.25, 0.3) is 11.8 Å². The van der Waals surface area contributed by atoms with E-state index < -0.39 is 47.6 Å². The molecule has 0 atom stereocenters. The first-order valence-corrected chi connectivity index (χ1v) is 8.85. The van der Waals surface area contributed by atoms with Gasteiger partial charge in [-0.15, -0.1) is 0 Å². The van der Waals surface area contributed by atoms with Crippen molar-refractivity contribution in [3.05, 3.63) is 59.2 Å². The van der Waals surface area contributed by atoms with E-state index in [0.29, 0.717) is 17.7 Å². The number of methoxy groups -OCH3 is 1. The summed E-state index contributed by atoms with van der Waals surface area (Å²) in [5, 5.41) is 10.4. The van der Waals surface area contributed by atoms with Crippen LogP contribution in [0.25, 0.3) is 6.08 Å². The summed E-state index contributed by atoms with van der Waals surface area (Å²) in [6.07, 6.45) is -7.86. The summed E-state index contributed by atoms with van der Waals surface area (Å²) in [7, 11) is 1.33. The molecule has 2 aromatic carbocycles. The van der Waals surface area contributed by atoms with Gasteiger partial charge in [0.05, 0.1) is 18.2 Å². The van der Waals surface area contributed by atoms with Crippen LogP contribution in [0.3, 0.4) is 0 Å². The van der Waals surface area contributed by atoms with Gasteiger partial charge in [-0.25, -0.2) is 5.48 Å². The fourth-order valence-corrected chi connectivity index (χ4v) is 2.47. The normalized spacial score (nSPS) is 11.9. The number of amides is 2. The average Bonchev–Trinajstić information content (AvgIpc) is 2.74. The van der Waals surface area contributed by atoms with Gasteiger partial charge in [0, 0.05) is 17.8 Å². The van der Waals surface area contributed by atoms with E-state index in [2.05, 4.69) is 0 Å². The van der Waals surface area contributed by atoms with E-state index in [9.17, 15) is 35.9 Å². The van der Waals surface area contributed by atoms with Crippen molar-refractivity contribution in [2.75, 3.05) is 19.0 Å². The Morgan fingerprint density at radius 2 is 1.52 bits per heavy atom. The second-order valence-corrected chi connectivity index (χ2v) is 6.38. The number of hydrogen-bond donors (Lipinski definition) is 3. The van der Waals surface area contributed by atoms with E-state index in [4.69, 9.17) is 14.7 Å². The number of hydrogen-bond acceptors (Lipinski definition) is 5. The number of rotatable bonds is 7. The molecule has 0 aromatic heterocycles. The lowest BCUT2D eigenvalue weighted by Crippen LogP contribution is -2.21. The summed E-state index contributed by atoms with van der Waals surface area (Å²) in [5.74, 6) is -1.54. The maximum atomic E-state index is 12.9. The Kier molecular flexibility index (Phi) is 7.93. The highest BCUT2D eigenvalue weighted by atomic mass is 19.4. The number of alkyl halides is 6. The minimum atomic E-state index is -5.06. The first-order valence-electron chi connectivity index (χ1n) is 8.85. The van der Waals surface area contributed by atoms with Crippen LogP contribution in [-0.2, 0) is 21.9 Å². The van der Waals surface area contributed by atoms with E-state index in [-0.39, 0.29) is 17.6 Å². The van der Waals surface area contributed by atoms with E-state index in [1.807, 2.05) is 5.32 Å². The lowest BCUT2D eigenvalue weighted by molar-refractivity contribution is -0.143. The van der Waals surface area contributed by atoms with Gasteiger partial charge in [0.15, 0.2) is 6.61 Å². The topological polar surface area (TPSA) is 96.9 Å². The monoisotopic (exact) mass is 478 g/mol. The molecule has 178 valence electrons. The average molecular weight is 478 g/mol. The molecule has 3 N–H and O–H groups in total. The maximum absolute atomic E-state index is 12.9. The van der Waals surface area contributed by atoms with Crippen LogP contribution in [0.15, 0.2) is 42.5 Å². The zero-order valence-electron chi connectivity index (χ0n) is 16.7.